The second kappa shape index (κ2) is 9.66. The molecule has 2 aromatic rings. The molecule has 3 aliphatic rings. The van der Waals surface area contributed by atoms with Gasteiger partial charge in [0.05, 0.1) is 17.2 Å². The predicted molar refractivity (Wildman–Crippen MR) is 139 cm³/mol. The molecule has 5 nitrogen and oxygen atoms in total. The molecule has 1 aliphatic heterocycles. The quantitative estimate of drug-likeness (QED) is 0.517. The van der Waals surface area contributed by atoms with Crippen LogP contribution in [0.3, 0.4) is 0 Å². The van der Waals surface area contributed by atoms with Gasteiger partial charge in [-0.25, -0.2) is 4.79 Å². The molecule has 2 saturated carbocycles. The Kier molecular flexibility index (Phi) is 6.59. The number of benzene rings is 2. The van der Waals surface area contributed by atoms with Crippen LogP contribution in [0.5, 0.6) is 0 Å². The van der Waals surface area contributed by atoms with E-state index in [0.717, 1.165) is 50.9 Å². The topological polar surface area (TPSA) is 50.6 Å². The molecule has 0 bridgehead atoms. The van der Waals surface area contributed by atoms with Gasteiger partial charge in [0.1, 0.15) is 0 Å². The summed E-state index contributed by atoms with van der Waals surface area (Å²) in [6.45, 7) is 5.52. The van der Waals surface area contributed by atoms with Gasteiger partial charge in [-0.05, 0) is 81.3 Å². The predicted octanol–water partition coefficient (Wildman–Crippen LogP) is 5.76. The van der Waals surface area contributed by atoms with Gasteiger partial charge in [-0.15, -0.1) is 0 Å². The van der Waals surface area contributed by atoms with Gasteiger partial charge < -0.3 is 9.80 Å². The fourth-order valence-corrected chi connectivity index (χ4v) is 6.67. The van der Waals surface area contributed by atoms with Crippen molar-refractivity contribution in [3.05, 3.63) is 71.3 Å². The highest BCUT2D eigenvalue weighted by Crippen LogP contribution is 2.50. The lowest BCUT2D eigenvalue weighted by molar-refractivity contribution is 0.00699. The van der Waals surface area contributed by atoms with Gasteiger partial charge >= 0.3 is 6.03 Å². The summed E-state index contributed by atoms with van der Waals surface area (Å²) in [5.74, 6) is 0.650. The largest absolute Gasteiger partial charge is 0.320 e. The van der Waals surface area contributed by atoms with E-state index in [1.807, 2.05) is 29.2 Å². The number of urea groups is 1. The minimum Gasteiger partial charge on any atom is -0.318 e. The number of amides is 2. The van der Waals surface area contributed by atoms with E-state index >= 15 is 0 Å². The molecule has 5 rings (SSSR count). The molecule has 1 saturated heterocycles. The highest BCUT2D eigenvalue weighted by Gasteiger charge is 2.55. The first-order valence-electron chi connectivity index (χ1n) is 13.3. The lowest BCUT2D eigenvalue weighted by Crippen LogP contribution is -2.57. The zero-order valence-electron chi connectivity index (χ0n) is 21.2. The summed E-state index contributed by atoms with van der Waals surface area (Å²) in [6.07, 6.45) is 7.97. The van der Waals surface area contributed by atoms with Gasteiger partial charge in [0, 0.05) is 25.2 Å². The number of nitriles is 1. The van der Waals surface area contributed by atoms with E-state index in [4.69, 9.17) is 0 Å². The second-order valence-corrected chi connectivity index (χ2v) is 11.0. The molecule has 1 heterocycles. The zero-order valence-corrected chi connectivity index (χ0v) is 21.2. The Labute approximate surface area is 210 Å². The average Bonchev–Trinajstić information content (AvgIpc) is 3.12. The van der Waals surface area contributed by atoms with Gasteiger partial charge in [-0.2, -0.15) is 5.26 Å². The van der Waals surface area contributed by atoms with Crippen LogP contribution in [0.4, 0.5) is 4.79 Å². The fourth-order valence-electron chi connectivity index (χ4n) is 6.67. The third kappa shape index (κ3) is 4.34. The van der Waals surface area contributed by atoms with Crippen molar-refractivity contribution in [3.8, 4) is 6.07 Å². The minimum atomic E-state index is -0.0909. The van der Waals surface area contributed by atoms with E-state index < -0.39 is 0 Å². The highest BCUT2D eigenvalue weighted by atomic mass is 16.2. The van der Waals surface area contributed by atoms with E-state index in [1.54, 1.807) is 0 Å². The molecule has 5 heteroatoms. The van der Waals surface area contributed by atoms with Crippen LogP contribution < -0.4 is 0 Å². The molecule has 0 N–H and O–H groups in total. The van der Waals surface area contributed by atoms with Crippen LogP contribution in [0, 0.1) is 17.2 Å². The van der Waals surface area contributed by atoms with Crippen molar-refractivity contribution in [2.45, 2.75) is 69.5 Å². The molecule has 0 atom stereocenters. The van der Waals surface area contributed by atoms with Crippen LogP contribution in [0.25, 0.3) is 0 Å². The molecular formula is C30H38N4O. The average molecular weight is 471 g/mol. The molecule has 0 radical (unpaired) electrons. The summed E-state index contributed by atoms with van der Waals surface area (Å²) in [5, 5.41) is 9.31. The van der Waals surface area contributed by atoms with Gasteiger partial charge in [-0.1, -0.05) is 55.8 Å². The maximum atomic E-state index is 13.8. The maximum absolute atomic E-state index is 13.8. The molecule has 2 aliphatic carbocycles. The SMILES string of the molecule is CCN(C)[C@]1(c2ccccc2)CC[C@@]2(CC1)CN(Cc1cccc(C#N)c1)C(=O)N2CC1CCC1. The van der Waals surface area contributed by atoms with Crippen LogP contribution in [-0.4, -0.2) is 53.0 Å². The van der Waals surface area contributed by atoms with Gasteiger partial charge in [0.25, 0.3) is 0 Å². The fraction of sp³-hybridized carbons (Fsp3) is 0.533. The van der Waals surface area contributed by atoms with Crippen molar-refractivity contribution in [1.82, 2.24) is 14.7 Å². The van der Waals surface area contributed by atoms with Gasteiger partial charge in [0.15, 0.2) is 0 Å². The van der Waals surface area contributed by atoms with Crippen LogP contribution in [0.15, 0.2) is 54.6 Å². The molecule has 184 valence electrons. The van der Waals surface area contributed by atoms with Crippen molar-refractivity contribution in [2.75, 3.05) is 26.7 Å². The Bertz CT molecular complexity index is 1080. The second-order valence-electron chi connectivity index (χ2n) is 11.0. The lowest BCUT2D eigenvalue weighted by Gasteiger charge is -2.52. The smallest absolute Gasteiger partial charge is 0.318 e. The normalized spacial score (nSPS) is 26.9. The molecule has 2 aromatic carbocycles. The standard InChI is InChI=1S/C30H38N4O/c1-3-32(2)30(27-13-5-4-6-14-27)17-15-29(16-18-30)23-33(21-26-12-8-11-25(19-26)20-31)28(35)34(29)22-24-9-7-10-24/h4-6,8,11-14,19,24H,3,7,9-10,15-18,21-23H2,1-2H3/t29-,30-. The summed E-state index contributed by atoms with van der Waals surface area (Å²) < 4.78 is 0. The van der Waals surface area contributed by atoms with Crippen LogP contribution in [0.1, 0.15) is 68.6 Å². The Hall–Kier alpha value is -2.84. The van der Waals surface area contributed by atoms with Crippen LogP contribution in [0.2, 0.25) is 0 Å². The molecule has 3 fully saturated rings. The third-order valence-electron chi connectivity index (χ3n) is 9.18. The molecule has 0 aromatic heterocycles. The molecule has 35 heavy (non-hydrogen) atoms. The third-order valence-corrected chi connectivity index (χ3v) is 9.18. The number of nitrogens with zero attached hydrogens (tertiary/aromatic N) is 4. The monoisotopic (exact) mass is 470 g/mol. The van der Waals surface area contributed by atoms with E-state index in [-0.39, 0.29) is 17.1 Å². The number of rotatable bonds is 7. The van der Waals surface area contributed by atoms with Crippen molar-refractivity contribution >= 4 is 6.03 Å². The first-order valence-corrected chi connectivity index (χ1v) is 13.3. The Balaban J connectivity index is 1.41. The van der Waals surface area contributed by atoms with Crippen molar-refractivity contribution < 1.29 is 4.79 Å². The first kappa shape index (κ1) is 23.9. The van der Waals surface area contributed by atoms with Crippen molar-refractivity contribution in [3.63, 3.8) is 0 Å². The van der Waals surface area contributed by atoms with Gasteiger partial charge in [-0.3, -0.25) is 4.90 Å². The molecule has 2 amide bonds. The lowest BCUT2D eigenvalue weighted by atomic mass is 9.68. The summed E-state index contributed by atoms with van der Waals surface area (Å²) in [5.41, 5.74) is 3.04. The summed E-state index contributed by atoms with van der Waals surface area (Å²) in [4.78, 5) is 20.7. The molecule has 0 unspecified atom stereocenters. The minimum absolute atomic E-state index is 0.0288. The van der Waals surface area contributed by atoms with E-state index in [1.165, 1.54) is 24.8 Å². The Morgan fingerprint density at radius 3 is 2.43 bits per heavy atom. The number of hydrogen-bond acceptors (Lipinski definition) is 3. The summed E-state index contributed by atoms with van der Waals surface area (Å²) >= 11 is 0. The molecular weight excluding hydrogens is 432 g/mol. The van der Waals surface area contributed by atoms with Gasteiger partial charge in [0.2, 0.25) is 0 Å². The van der Waals surface area contributed by atoms with E-state index in [9.17, 15) is 10.1 Å². The zero-order chi connectivity index (χ0) is 24.5. The number of carbonyl (C=O) groups excluding carboxylic acids is 1. The Morgan fingerprint density at radius 1 is 1.06 bits per heavy atom. The summed E-state index contributed by atoms with van der Waals surface area (Å²) in [7, 11) is 2.26. The van der Waals surface area contributed by atoms with E-state index in [2.05, 4.69) is 60.2 Å². The molecule has 1 spiro atoms. The number of hydrogen-bond donors (Lipinski definition) is 0. The highest BCUT2D eigenvalue weighted by molar-refractivity contribution is 5.78. The first-order chi connectivity index (χ1) is 17.0. The summed E-state index contributed by atoms with van der Waals surface area (Å²) in [6, 6.07) is 21.1. The van der Waals surface area contributed by atoms with Crippen molar-refractivity contribution in [1.29, 1.82) is 5.26 Å². The Morgan fingerprint density at radius 2 is 1.80 bits per heavy atom. The number of carbonyl (C=O) groups is 1. The maximum Gasteiger partial charge on any atom is 0.320 e. The van der Waals surface area contributed by atoms with Crippen LogP contribution in [-0.2, 0) is 12.1 Å². The van der Waals surface area contributed by atoms with Crippen LogP contribution >= 0.6 is 0 Å². The van der Waals surface area contributed by atoms with E-state index in [0.29, 0.717) is 18.0 Å². The van der Waals surface area contributed by atoms with Crippen molar-refractivity contribution in [2.24, 2.45) is 5.92 Å².